The van der Waals surface area contributed by atoms with Crippen molar-refractivity contribution in [1.29, 1.82) is 0 Å². The van der Waals surface area contributed by atoms with E-state index in [0.717, 1.165) is 22.7 Å². The maximum Gasteiger partial charge on any atom is 0.238 e. The highest BCUT2D eigenvalue weighted by Gasteiger charge is 2.11. The molecule has 1 heterocycles. The standard InChI is InChI=1S/C20H21N3O3/c1-23(13-19(24)21-16-8-10-18(25-2)11-9-16)12-17-14-26-20(22-17)15-6-4-3-5-7-15/h3-11,14H,12-13H2,1-2H3,(H,21,24). The molecular weight excluding hydrogens is 330 g/mol. The highest BCUT2D eigenvalue weighted by molar-refractivity contribution is 5.92. The number of ether oxygens (including phenoxy) is 1. The molecule has 6 nitrogen and oxygen atoms in total. The SMILES string of the molecule is COc1ccc(NC(=O)CN(C)Cc2coc(-c3ccccc3)n2)cc1. The Morgan fingerprint density at radius 2 is 1.88 bits per heavy atom. The smallest absolute Gasteiger partial charge is 0.238 e. The second-order valence-corrected chi connectivity index (χ2v) is 5.96. The number of aromatic nitrogens is 1. The van der Waals surface area contributed by atoms with E-state index < -0.39 is 0 Å². The number of nitrogens with zero attached hydrogens (tertiary/aromatic N) is 2. The maximum absolute atomic E-state index is 12.2. The summed E-state index contributed by atoms with van der Waals surface area (Å²) in [6.07, 6.45) is 1.63. The van der Waals surface area contributed by atoms with Gasteiger partial charge in [-0.05, 0) is 43.4 Å². The second kappa shape index (κ2) is 8.31. The van der Waals surface area contributed by atoms with Crippen LogP contribution < -0.4 is 10.1 Å². The van der Waals surface area contributed by atoms with Gasteiger partial charge in [0, 0.05) is 17.8 Å². The zero-order valence-electron chi connectivity index (χ0n) is 14.8. The first-order valence-corrected chi connectivity index (χ1v) is 8.26. The van der Waals surface area contributed by atoms with Crippen LogP contribution in [0.2, 0.25) is 0 Å². The average molecular weight is 351 g/mol. The number of hydrogen-bond acceptors (Lipinski definition) is 5. The van der Waals surface area contributed by atoms with Crippen LogP contribution >= 0.6 is 0 Å². The third-order valence-corrected chi connectivity index (χ3v) is 3.79. The van der Waals surface area contributed by atoms with Gasteiger partial charge >= 0.3 is 0 Å². The van der Waals surface area contributed by atoms with E-state index in [4.69, 9.17) is 9.15 Å². The van der Waals surface area contributed by atoms with Gasteiger partial charge in [-0.25, -0.2) is 4.98 Å². The van der Waals surface area contributed by atoms with Crippen molar-refractivity contribution in [2.24, 2.45) is 0 Å². The van der Waals surface area contributed by atoms with E-state index in [2.05, 4.69) is 10.3 Å². The highest BCUT2D eigenvalue weighted by Crippen LogP contribution is 2.18. The monoisotopic (exact) mass is 351 g/mol. The summed E-state index contributed by atoms with van der Waals surface area (Å²) < 4.78 is 10.6. The van der Waals surface area contributed by atoms with Crippen LogP contribution in [0.5, 0.6) is 5.75 Å². The van der Waals surface area contributed by atoms with E-state index in [9.17, 15) is 4.79 Å². The minimum absolute atomic E-state index is 0.0931. The first-order valence-electron chi connectivity index (χ1n) is 8.26. The third-order valence-electron chi connectivity index (χ3n) is 3.79. The van der Waals surface area contributed by atoms with Crippen LogP contribution in [0.1, 0.15) is 5.69 Å². The Labute approximate surface area is 152 Å². The Bertz CT molecular complexity index is 844. The number of rotatable bonds is 7. The molecule has 3 aromatic rings. The number of amides is 1. The molecular formula is C20H21N3O3. The van der Waals surface area contributed by atoms with E-state index in [0.29, 0.717) is 12.4 Å². The molecule has 0 bridgehead atoms. The molecule has 2 aromatic carbocycles. The van der Waals surface area contributed by atoms with Gasteiger partial charge in [0.2, 0.25) is 11.8 Å². The van der Waals surface area contributed by atoms with Crippen LogP contribution in [0.4, 0.5) is 5.69 Å². The summed E-state index contributed by atoms with van der Waals surface area (Å²) >= 11 is 0. The fourth-order valence-corrected chi connectivity index (χ4v) is 2.55. The lowest BCUT2D eigenvalue weighted by molar-refractivity contribution is -0.117. The number of benzene rings is 2. The first kappa shape index (κ1) is 17.7. The quantitative estimate of drug-likeness (QED) is 0.706. The predicted octanol–water partition coefficient (Wildman–Crippen LogP) is 3.42. The average Bonchev–Trinajstić information content (AvgIpc) is 3.11. The molecule has 1 aromatic heterocycles. The van der Waals surface area contributed by atoms with Gasteiger partial charge in [0.25, 0.3) is 0 Å². The zero-order chi connectivity index (χ0) is 18.4. The van der Waals surface area contributed by atoms with Gasteiger partial charge in [0.1, 0.15) is 12.0 Å². The third kappa shape index (κ3) is 4.70. The number of anilines is 1. The topological polar surface area (TPSA) is 67.6 Å². The molecule has 1 amide bonds. The van der Waals surface area contributed by atoms with Gasteiger partial charge in [0.05, 0.1) is 19.3 Å². The molecule has 0 saturated carbocycles. The van der Waals surface area contributed by atoms with Gasteiger partial charge in [-0.1, -0.05) is 18.2 Å². The van der Waals surface area contributed by atoms with Gasteiger partial charge in [-0.3, -0.25) is 9.69 Å². The van der Waals surface area contributed by atoms with Crippen LogP contribution in [0.3, 0.4) is 0 Å². The number of hydrogen-bond donors (Lipinski definition) is 1. The molecule has 0 aliphatic carbocycles. The summed E-state index contributed by atoms with van der Waals surface area (Å²) in [7, 11) is 3.47. The minimum Gasteiger partial charge on any atom is -0.497 e. The van der Waals surface area contributed by atoms with Crippen LogP contribution in [0.15, 0.2) is 65.3 Å². The summed E-state index contributed by atoms with van der Waals surface area (Å²) in [5.74, 6) is 1.24. The van der Waals surface area contributed by atoms with E-state index in [1.54, 1.807) is 37.6 Å². The van der Waals surface area contributed by atoms with Crippen molar-refractivity contribution in [2.45, 2.75) is 6.54 Å². The Hall–Kier alpha value is -3.12. The van der Waals surface area contributed by atoms with Gasteiger partial charge in [0.15, 0.2) is 0 Å². The summed E-state index contributed by atoms with van der Waals surface area (Å²) in [4.78, 5) is 18.5. The minimum atomic E-state index is -0.0931. The molecule has 1 N–H and O–H groups in total. The summed E-state index contributed by atoms with van der Waals surface area (Å²) in [6, 6.07) is 16.9. The molecule has 26 heavy (non-hydrogen) atoms. The molecule has 0 atom stereocenters. The molecule has 0 aliphatic rings. The number of carbonyl (C=O) groups is 1. The summed E-state index contributed by atoms with van der Waals surface area (Å²) in [5.41, 5.74) is 2.44. The number of carbonyl (C=O) groups excluding carboxylic acids is 1. The Morgan fingerprint density at radius 3 is 2.58 bits per heavy atom. The lowest BCUT2D eigenvalue weighted by atomic mass is 10.2. The van der Waals surface area contributed by atoms with Crippen LogP contribution in [-0.2, 0) is 11.3 Å². The van der Waals surface area contributed by atoms with Gasteiger partial charge < -0.3 is 14.5 Å². The normalized spacial score (nSPS) is 10.7. The number of methoxy groups -OCH3 is 1. The largest absolute Gasteiger partial charge is 0.497 e. The Kier molecular flexibility index (Phi) is 5.66. The van der Waals surface area contributed by atoms with E-state index in [-0.39, 0.29) is 12.5 Å². The van der Waals surface area contributed by atoms with Crippen molar-refractivity contribution in [1.82, 2.24) is 9.88 Å². The lowest BCUT2D eigenvalue weighted by Gasteiger charge is -2.14. The van der Waals surface area contributed by atoms with Crippen molar-refractivity contribution < 1.29 is 13.9 Å². The zero-order valence-corrected chi connectivity index (χ0v) is 14.8. The van der Waals surface area contributed by atoms with E-state index >= 15 is 0 Å². The van der Waals surface area contributed by atoms with Crippen LogP contribution in [-0.4, -0.2) is 36.5 Å². The number of likely N-dealkylation sites (N-methyl/N-ethyl adjacent to an activating group) is 1. The van der Waals surface area contributed by atoms with E-state index in [1.807, 2.05) is 42.3 Å². The van der Waals surface area contributed by atoms with Gasteiger partial charge in [-0.15, -0.1) is 0 Å². The molecule has 0 aliphatic heterocycles. The fourth-order valence-electron chi connectivity index (χ4n) is 2.55. The molecule has 0 spiro atoms. The predicted molar refractivity (Wildman–Crippen MR) is 99.9 cm³/mol. The molecule has 3 rings (SSSR count). The fraction of sp³-hybridized carbons (Fsp3) is 0.200. The molecule has 0 fully saturated rings. The van der Waals surface area contributed by atoms with Crippen molar-refractivity contribution >= 4 is 11.6 Å². The lowest BCUT2D eigenvalue weighted by Crippen LogP contribution is -2.29. The van der Waals surface area contributed by atoms with Crippen molar-refractivity contribution in [3.63, 3.8) is 0 Å². The van der Waals surface area contributed by atoms with Crippen LogP contribution in [0.25, 0.3) is 11.5 Å². The number of oxazole rings is 1. The van der Waals surface area contributed by atoms with Crippen molar-refractivity contribution in [3.05, 3.63) is 66.6 Å². The maximum atomic E-state index is 12.2. The molecule has 6 heteroatoms. The first-order chi connectivity index (χ1) is 12.6. The Morgan fingerprint density at radius 1 is 1.15 bits per heavy atom. The number of nitrogens with one attached hydrogen (secondary N) is 1. The Balaban J connectivity index is 1.52. The molecule has 0 unspecified atom stereocenters. The molecule has 0 saturated heterocycles. The molecule has 0 radical (unpaired) electrons. The summed E-state index contributed by atoms with van der Waals surface area (Å²) in [6.45, 7) is 0.770. The van der Waals surface area contributed by atoms with Gasteiger partial charge in [-0.2, -0.15) is 0 Å². The summed E-state index contributed by atoms with van der Waals surface area (Å²) in [5, 5.41) is 2.86. The molecule has 134 valence electrons. The van der Waals surface area contributed by atoms with Crippen LogP contribution in [0, 0.1) is 0 Å². The second-order valence-electron chi connectivity index (χ2n) is 5.96. The van der Waals surface area contributed by atoms with E-state index in [1.165, 1.54) is 0 Å². The van der Waals surface area contributed by atoms with Crippen molar-refractivity contribution in [2.75, 3.05) is 26.0 Å². The highest BCUT2D eigenvalue weighted by atomic mass is 16.5. The van der Waals surface area contributed by atoms with Crippen molar-refractivity contribution in [3.8, 4) is 17.2 Å².